The minimum atomic E-state index is -3.23. The van der Waals surface area contributed by atoms with Crippen LogP contribution in [0.25, 0.3) is 0 Å². The molecule has 0 aromatic carbocycles. The summed E-state index contributed by atoms with van der Waals surface area (Å²) >= 11 is 2.84. The van der Waals surface area contributed by atoms with E-state index in [0.717, 1.165) is 0 Å². The average Bonchev–Trinajstić information content (AvgIpc) is 2.39. The van der Waals surface area contributed by atoms with Crippen molar-refractivity contribution >= 4 is 21.7 Å². The molecular weight excluding hydrogens is 218 g/mol. The van der Waals surface area contributed by atoms with Crippen molar-refractivity contribution < 1.29 is 13.7 Å². The summed E-state index contributed by atoms with van der Waals surface area (Å²) in [6.45, 7) is -6.29. The summed E-state index contributed by atoms with van der Waals surface area (Å²) in [5.74, 6) is -0.702. The van der Waals surface area contributed by atoms with Gasteiger partial charge in [0.1, 0.15) is 5.82 Å². The molecule has 2 heterocycles. The molecule has 0 N–H and O–H groups in total. The summed E-state index contributed by atoms with van der Waals surface area (Å²) in [7, 11) is 0. The Labute approximate surface area is 94.0 Å². The third kappa shape index (κ3) is 1.58. The molecule has 64 valence electrons. The first kappa shape index (κ1) is 2.44. The Morgan fingerprint density at radius 1 is 1.58 bits per heavy atom. The summed E-state index contributed by atoms with van der Waals surface area (Å²) in [5, 5.41) is 0. The van der Waals surface area contributed by atoms with Crippen molar-refractivity contribution in [2.45, 2.75) is 12.7 Å². The lowest BCUT2D eigenvalue weighted by atomic mass is 10.4. The molecule has 0 aliphatic carbocycles. The maximum absolute atomic E-state index is 7.85. The Morgan fingerprint density at radius 3 is 3.08 bits per heavy atom. The predicted octanol–water partition coefficient (Wildman–Crippen LogP) is 1.84. The topological polar surface area (TPSA) is 29.0 Å². The number of aromatic nitrogens is 2. The van der Waals surface area contributed by atoms with Crippen LogP contribution >= 0.6 is 15.9 Å². The molecule has 2 rings (SSSR count). The summed E-state index contributed by atoms with van der Waals surface area (Å²) in [5.41, 5.74) is 0. The maximum Gasteiger partial charge on any atom is 0.198 e. The van der Waals surface area contributed by atoms with E-state index in [4.69, 9.17) is 13.7 Å². The fourth-order valence-electron chi connectivity index (χ4n) is 0.672. The molecule has 3 nitrogen and oxygen atoms in total. The van der Waals surface area contributed by atoms with Crippen LogP contribution in [0.5, 0.6) is 0 Å². The molecule has 0 bridgehead atoms. The van der Waals surface area contributed by atoms with Crippen LogP contribution in [0.3, 0.4) is 0 Å². The standard InChI is InChI=1S/C8H10BrN3/c9-8-10-4-3-7(11-8)12-5-1-2-6-12/h3-4H,1-2,5-6H2/i1D2,2D2,3D,4D,5D2,6D2. The van der Waals surface area contributed by atoms with Gasteiger partial charge in [0.25, 0.3) is 0 Å². The molecule has 0 radical (unpaired) electrons. The second kappa shape index (κ2) is 3.39. The highest BCUT2D eigenvalue weighted by molar-refractivity contribution is 9.10. The van der Waals surface area contributed by atoms with Gasteiger partial charge in [0.2, 0.25) is 0 Å². The van der Waals surface area contributed by atoms with Gasteiger partial charge < -0.3 is 4.90 Å². The Bertz CT molecular complexity index is 607. The van der Waals surface area contributed by atoms with E-state index in [9.17, 15) is 0 Å². The first-order valence-electron chi connectivity index (χ1n) is 8.00. The zero-order valence-corrected chi connectivity index (χ0v) is 7.31. The molecule has 0 amide bonds. The summed E-state index contributed by atoms with van der Waals surface area (Å²) in [4.78, 5) is 7.28. The van der Waals surface area contributed by atoms with E-state index < -0.39 is 43.8 Å². The molecule has 0 unspecified atom stereocenters. The van der Waals surface area contributed by atoms with Crippen molar-refractivity contribution in [1.29, 1.82) is 0 Å². The zero-order valence-electron chi connectivity index (χ0n) is 15.7. The number of halogens is 1. The van der Waals surface area contributed by atoms with Crippen LogP contribution in [0.1, 0.15) is 26.5 Å². The fraction of sp³-hybridized carbons (Fsp3) is 0.500. The molecule has 1 aliphatic rings. The number of hydrogen-bond acceptors (Lipinski definition) is 3. The number of hydrogen-bond donors (Lipinski definition) is 0. The van der Waals surface area contributed by atoms with Crippen molar-refractivity contribution in [2.75, 3.05) is 17.9 Å². The summed E-state index contributed by atoms with van der Waals surface area (Å²) in [6.07, 6.45) is -7.08. The highest BCUT2D eigenvalue weighted by atomic mass is 79.9. The van der Waals surface area contributed by atoms with E-state index in [1.807, 2.05) is 0 Å². The van der Waals surface area contributed by atoms with Crippen LogP contribution in [-0.2, 0) is 0 Å². The van der Waals surface area contributed by atoms with E-state index in [-0.39, 0.29) is 9.63 Å². The largest absolute Gasteiger partial charge is 0.356 e. The minimum absolute atomic E-state index is 0.132. The first-order chi connectivity index (χ1) is 9.69. The maximum atomic E-state index is 7.85. The van der Waals surface area contributed by atoms with Crippen molar-refractivity contribution in [3.8, 4) is 0 Å². The second-order valence-corrected chi connectivity index (χ2v) is 2.57. The minimum Gasteiger partial charge on any atom is -0.356 e. The van der Waals surface area contributed by atoms with Gasteiger partial charge in [-0.25, -0.2) is 9.97 Å². The average molecular weight is 238 g/mol. The smallest absolute Gasteiger partial charge is 0.198 e. The third-order valence-electron chi connectivity index (χ3n) is 1.12. The van der Waals surface area contributed by atoms with E-state index in [1.165, 1.54) is 0 Å². The van der Waals surface area contributed by atoms with E-state index >= 15 is 0 Å². The lowest BCUT2D eigenvalue weighted by Gasteiger charge is -2.15. The van der Waals surface area contributed by atoms with Crippen LogP contribution < -0.4 is 4.90 Å². The molecule has 1 aliphatic heterocycles. The highest BCUT2D eigenvalue weighted by Crippen LogP contribution is 2.17. The molecule has 1 aromatic rings. The molecule has 0 spiro atoms. The lowest BCUT2D eigenvalue weighted by molar-refractivity contribution is 0.918. The number of anilines is 1. The molecule has 0 saturated carbocycles. The van der Waals surface area contributed by atoms with Crippen LogP contribution in [0.15, 0.2) is 16.9 Å². The van der Waals surface area contributed by atoms with Gasteiger partial charge in [0.15, 0.2) is 4.73 Å². The molecule has 12 heavy (non-hydrogen) atoms. The monoisotopic (exact) mass is 237 g/mol. The molecule has 4 heteroatoms. The predicted molar refractivity (Wildman–Crippen MR) is 51.2 cm³/mol. The molecule has 1 saturated heterocycles. The lowest BCUT2D eigenvalue weighted by Crippen LogP contribution is -2.18. The van der Waals surface area contributed by atoms with E-state index in [1.54, 1.807) is 0 Å². The summed E-state index contributed by atoms with van der Waals surface area (Å²) in [6, 6.07) is -0.732. The fourth-order valence-corrected chi connectivity index (χ4v) is 0.928. The normalized spacial score (nSPS) is 45.9. The van der Waals surface area contributed by atoms with Crippen molar-refractivity contribution in [2.24, 2.45) is 0 Å². The molecule has 0 atom stereocenters. The van der Waals surface area contributed by atoms with E-state index in [0.29, 0.717) is 0 Å². The van der Waals surface area contributed by atoms with Gasteiger partial charge in [-0.05, 0) is 34.7 Å². The van der Waals surface area contributed by atoms with Gasteiger partial charge in [0.05, 0.1) is 2.74 Å². The molecule has 1 aromatic heterocycles. The van der Waals surface area contributed by atoms with Gasteiger partial charge in [-0.1, -0.05) is 0 Å². The Kier molecular flexibility index (Phi) is 0.689. The van der Waals surface area contributed by atoms with Gasteiger partial charge in [-0.15, -0.1) is 0 Å². The van der Waals surface area contributed by atoms with Crippen LogP contribution in [0.2, 0.25) is 0 Å². The van der Waals surface area contributed by atoms with Gasteiger partial charge in [0, 0.05) is 30.1 Å². The Balaban J connectivity index is 2.80. The quantitative estimate of drug-likeness (QED) is 0.699. The van der Waals surface area contributed by atoms with Gasteiger partial charge in [-0.3, -0.25) is 0 Å². The van der Waals surface area contributed by atoms with Gasteiger partial charge in [-0.2, -0.15) is 0 Å². The summed E-state index contributed by atoms with van der Waals surface area (Å²) < 4.78 is 77.1. The van der Waals surface area contributed by atoms with Crippen molar-refractivity contribution in [1.82, 2.24) is 9.97 Å². The number of nitrogens with zero attached hydrogens (tertiary/aromatic N) is 3. The van der Waals surface area contributed by atoms with Crippen LogP contribution in [0.4, 0.5) is 5.82 Å². The van der Waals surface area contributed by atoms with Crippen molar-refractivity contribution in [3.63, 3.8) is 0 Å². The Morgan fingerprint density at radius 2 is 2.33 bits per heavy atom. The zero-order chi connectivity index (χ0) is 17.3. The Hall–Kier alpha value is -0.640. The first-order valence-corrected chi connectivity index (χ1v) is 3.80. The van der Waals surface area contributed by atoms with E-state index in [2.05, 4.69) is 25.9 Å². The van der Waals surface area contributed by atoms with Crippen LogP contribution in [-0.4, -0.2) is 23.0 Å². The SMILES string of the molecule is [2H]c1nc(Br)nc(N2C([2H])([2H])C([2H])([2H])C([2H])([2H])C2([2H])[2H])c1[2H]. The van der Waals surface area contributed by atoms with Gasteiger partial charge >= 0.3 is 0 Å². The molecular formula is C8H10BrN3. The van der Waals surface area contributed by atoms with Crippen molar-refractivity contribution in [3.05, 3.63) is 16.9 Å². The second-order valence-electron chi connectivity index (χ2n) is 1.86. The highest BCUT2D eigenvalue weighted by Gasteiger charge is 2.13. The number of rotatable bonds is 1. The third-order valence-corrected chi connectivity index (χ3v) is 1.48. The molecule has 1 fully saturated rings. The van der Waals surface area contributed by atoms with Crippen LogP contribution in [0, 0.1) is 0 Å².